The lowest BCUT2D eigenvalue weighted by molar-refractivity contribution is -0.136. The Morgan fingerprint density at radius 2 is 2.06 bits per heavy atom. The van der Waals surface area contributed by atoms with Crippen LogP contribution in [0.3, 0.4) is 0 Å². The third-order valence-electron chi connectivity index (χ3n) is 2.47. The van der Waals surface area contributed by atoms with Crippen molar-refractivity contribution in [3.8, 4) is 5.75 Å². The van der Waals surface area contributed by atoms with Gasteiger partial charge in [-0.1, -0.05) is 12.1 Å². The van der Waals surface area contributed by atoms with Crippen LogP contribution in [0.5, 0.6) is 5.75 Å². The fourth-order valence-electron chi connectivity index (χ4n) is 1.60. The molecule has 0 saturated heterocycles. The molecule has 1 aromatic rings. The third-order valence-corrected chi connectivity index (χ3v) is 4.07. The molecule has 6 heteroatoms. The molecule has 0 amide bonds. The Morgan fingerprint density at radius 1 is 1.39 bits per heavy atom. The number of carboxylic acid groups (broad SMARTS) is 1. The smallest absolute Gasteiger partial charge is 0.304 e. The summed E-state index contributed by atoms with van der Waals surface area (Å²) in [5.41, 5.74) is 1.49. The van der Waals surface area contributed by atoms with Gasteiger partial charge < -0.3 is 9.84 Å². The fraction of sp³-hybridized carbons (Fsp3) is 0.417. The molecule has 0 aliphatic heterocycles. The van der Waals surface area contributed by atoms with Crippen LogP contribution < -0.4 is 4.74 Å². The maximum Gasteiger partial charge on any atom is 0.304 e. The zero-order valence-electron chi connectivity index (χ0n) is 10.3. The molecule has 1 rings (SSSR count). The number of hydrogen-bond donors (Lipinski definition) is 1. The van der Waals surface area contributed by atoms with Gasteiger partial charge in [-0.2, -0.15) is 0 Å². The van der Waals surface area contributed by atoms with Crippen molar-refractivity contribution in [3.05, 3.63) is 29.3 Å². The van der Waals surface area contributed by atoms with E-state index in [0.29, 0.717) is 11.3 Å². The molecular weight excluding hydrogens is 256 g/mol. The molecule has 0 radical (unpaired) electrons. The lowest BCUT2D eigenvalue weighted by Crippen LogP contribution is -2.13. The van der Waals surface area contributed by atoms with Gasteiger partial charge in [-0.25, -0.2) is 8.42 Å². The van der Waals surface area contributed by atoms with Gasteiger partial charge >= 0.3 is 5.97 Å². The van der Waals surface area contributed by atoms with Gasteiger partial charge in [0.15, 0.2) is 9.84 Å². The van der Waals surface area contributed by atoms with Gasteiger partial charge in [0.25, 0.3) is 0 Å². The molecule has 0 heterocycles. The first-order valence-electron chi connectivity index (χ1n) is 5.40. The van der Waals surface area contributed by atoms with E-state index in [2.05, 4.69) is 0 Å². The number of aryl methyl sites for hydroxylation is 1. The maximum absolute atomic E-state index is 11.7. The summed E-state index contributed by atoms with van der Waals surface area (Å²) in [6, 6.07) is 5.11. The molecule has 100 valence electrons. The SMILES string of the molecule is COc1ccc(CS(=O)(=O)CCC(=O)O)cc1C. The summed E-state index contributed by atoms with van der Waals surface area (Å²) in [5.74, 6) is -0.899. The van der Waals surface area contributed by atoms with Gasteiger partial charge in [-0.15, -0.1) is 0 Å². The first-order chi connectivity index (χ1) is 8.34. The van der Waals surface area contributed by atoms with Gasteiger partial charge in [0.1, 0.15) is 5.75 Å². The molecule has 0 saturated carbocycles. The minimum Gasteiger partial charge on any atom is -0.496 e. The van der Waals surface area contributed by atoms with Crippen LogP contribution in [-0.2, 0) is 20.4 Å². The van der Waals surface area contributed by atoms with Crippen molar-refractivity contribution in [1.82, 2.24) is 0 Å². The van der Waals surface area contributed by atoms with Gasteiger partial charge in [-0.05, 0) is 24.1 Å². The minimum absolute atomic E-state index is 0.148. The zero-order valence-corrected chi connectivity index (χ0v) is 11.2. The topological polar surface area (TPSA) is 80.7 Å². The molecule has 0 atom stereocenters. The predicted octanol–water partition coefficient (Wildman–Crippen LogP) is 1.39. The summed E-state index contributed by atoms with van der Waals surface area (Å²) in [7, 11) is -1.84. The highest BCUT2D eigenvalue weighted by Gasteiger charge is 2.14. The van der Waals surface area contributed by atoms with Crippen LogP contribution in [0.15, 0.2) is 18.2 Å². The van der Waals surface area contributed by atoms with E-state index in [1.165, 1.54) is 0 Å². The first-order valence-corrected chi connectivity index (χ1v) is 7.22. The van der Waals surface area contributed by atoms with Crippen LogP contribution in [0.25, 0.3) is 0 Å². The van der Waals surface area contributed by atoms with E-state index in [0.717, 1.165) is 5.56 Å². The first kappa shape index (κ1) is 14.5. The molecule has 1 N–H and O–H groups in total. The van der Waals surface area contributed by atoms with Crippen molar-refractivity contribution in [2.24, 2.45) is 0 Å². The summed E-state index contributed by atoms with van der Waals surface area (Å²) in [6.45, 7) is 1.83. The van der Waals surface area contributed by atoms with Crippen LogP contribution in [0.1, 0.15) is 17.5 Å². The summed E-state index contributed by atoms with van der Waals surface area (Å²) < 4.78 is 28.4. The summed E-state index contributed by atoms with van der Waals surface area (Å²) >= 11 is 0. The number of carboxylic acids is 1. The fourth-order valence-corrected chi connectivity index (χ4v) is 2.92. The number of carbonyl (C=O) groups is 1. The third kappa shape index (κ3) is 4.37. The van der Waals surface area contributed by atoms with Crippen LogP contribution in [0, 0.1) is 6.92 Å². The summed E-state index contributed by atoms with van der Waals surface area (Å²) in [6.07, 6.45) is -0.364. The van der Waals surface area contributed by atoms with E-state index < -0.39 is 15.8 Å². The van der Waals surface area contributed by atoms with Gasteiger partial charge in [0.2, 0.25) is 0 Å². The van der Waals surface area contributed by atoms with E-state index in [1.807, 2.05) is 6.92 Å². The highest BCUT2D eigenvalue weighted by Crippen LogP contribution is 2.20. The Morgan fingerprint density at radius 3 is 2.56 bits per heavy atom. The monoisotopic (exact) mass is 272 g/mol. The maximum atomic E-state index is 11.7. The van der Waals surface area contributed by atoms with Gasteiger partial charge in [-0.3, -0.25) is 4.79 Å². The molecule has 1 aromatic carbocycles. The van der Waals surface area contributed by atoms with Crippen molar-refractivity contribution >= 4 is 15.8 Å². The van der Waals surface area contributed by atoms with Crippen LogP contribution >= 0.6 is 0 Å². The van der Waals surface area contributed by atoms with Crippen LogP contribution in [-0.4, -0.2) is 32.4 Å². The molecular formula is C12H16O5S. The van der Waals surface area contributed by atoms with Crippen molar-refractivity contribution < 1.29 is 23.1 Å². The minimum atomic E-state index is -3.39. The van der Waals surface area contributed by atoms with E-state index in [1.54, 1.807) is 25.3 Å². The Labute approximate surface area is 106 Å². The molecule has 0 aromatic heterocycles. The molecule has 0 spiro atoms. The summed E-state index contributed by atoms with van der Waals surface area (Å²) in [5, 5.41) is 8.47. The standard InChI is InChI=1S/C12H16O5S/c1-9-7-10(3-4-11(9)17-2)8-18(15,16)6-5-12(13)14/h3-4,7H,5-6,8H2,1-2H3,(H,13,14). The second kappa shape index (κ2) is 5.86. The van der Waals surface area contributed by atoms with E-state index in [-0.39, 0.29) is 17.9 Å². The Balaban J connectivity index is 2.78. The molecule has 0 fully saturated rings. The number of rotatable bonds is 6. The average Bonchev–Trinajstić information content (AvgIpc) is 2.26. The van der Waals surface area contributed by atoms with E-state index in [9.17, 15) is 13.2 Å². The normalized spacial score (nSPS) is 11.2. The van der Waals surface area contributed by atoms with Crippen molar-refractivity contribution in [1.29, 1.82) is 0 Å². The zero-order chi connectivity index (χ0) is 13.8. The number of benzene rings is 1. The number of ether oxygens (including phenoxy) is 1. The molecule has 18 heavy (non-hydrogen) atoms. The molecule has 5 nitrogen and oxygen atoms in total. The highest BCUT2D eigenvalue weighted by atomic mass is 32.2. The van der Waals surface area contributed by atoms with Gasteiger partial charge in [0, 0.05) is 0 Å². The molecule has 0 bridgehead atoms. The highest BCUT2D eigenvalue weighted by molar-refractivity contribution is 7.90. The number of hydrogen-bond acceptors (Lipinski definition) is 4. The van der Waals surface area contributed by atoms with Gasteiger partial charge in [0.05, 0.1) is 25.0 Å². The quantitative estimate of drug-likeness (QED) is 0.846. The Bertz CT molecular complexity index is 533. The van der Waals surface area contributed by atoms with Crippen LogP contribution in [0.2, 0.25) is 0 Å². The average molecular weight is 272 g/mol. The van der Waals surface area contributed by atoms with Crippen molar-refractivity contribution in [2.45, 2.75) is 19.1 Å². The number of aliphatic carboxylic acids is 1. The molecule has 0 aliphatic rings. The van der Waals surface area contributed by atoms with Crippen molar-refractivity contribution in [3.63, 3.8) is 0 Å². The lowest BCUT2D eigenvalue weighted by Gasteiger charge is -2.07. The largest absolute Gasteiger partial charge is 0.496 e. The van der Waals surface area contributed by atoms with E-state index in [4.69, 9.17) is 9.84 Å². The Kier molecular flexibility index (Phi) is 4.72. The Hall–Kier alpha value is -1.56. The van der Waals surface area contributed by atoms with Crippen molar-refractivity contribution in [2.75, 3.05) is 12.9 Å². The molecule has 0 aliphatic carbocycles. The second-order valence-corrected chi connectivity index (χ2v) is 6.22. The second-order valence-electron chi connectivity index (χ2n) is 4.04. The number of sulfone groups is 1. The van der Waals surface area contributed by atoms with E-state index >= 15 is 0 Å². The van der Waals surface area contributed by atoms with Crippen LogP contribution in [0.4, 0.5) is 0 Å². The predicted molar refractivity (Wildman–Crippen MR) is 67.5 cm³/mol. The number of methoxy groups -OCH3 is 1. The lowest BCUT2D eigenvalue weighted by atomic mass is 10.1. The molecule has 0 unspecified atom stereocenters. The summed E-state index contributed by atoms with van der Waals surface area (Å²) in [4.78, 5) is 10.4.